The monoisotopic (exact) mass is 309 g/mol. The van der Waals surface area contributed by atoms with Crippen LogP contribution in [-0.2, 0) is 7.05 Å². The van der Waals surface area contributed by atoms with E-state index in [9.17, 15) is 4.39 Å². The highest BCUT2D eigenvalue weighted by atomic mass is 19.1. The standard InChI is InChI=1S/C19H20FN3/c1-4-5-15-16-9-6-12(2)17(20)19(16)23(18(15)13-7-8-13)14-10-21-22(3)11-14/h4-6,9-11,13H,7-8H2,1-3H3/b5-4+. The molecule has 3 nitrogen and oxygen atoms in total. The van der Waals surface area contributed by atoms with Gasteiger partial charge in [-0.1, -0.05) is 24.3 Å². The lowest BCUT2D eigenvalue weighted by Gasteiger charge is -2.09. The minimum atomic E-state index is -0.135. The van der Waals surface area contributed by atoms with Crippen molar-refractivity contribution in [1.29, 1.82) is 0 Å². The van der Waals surface area contributed by atoms with Crippen molar-refractivity contribution in [1.82, 2.24) is 14.3 Å². The molecule has 1 saturated carbocycles. The third kappa shape index (κ3) is 2.12. The summed E-state index contributed by atoms with van der Waals surface area (Å²) >= 11 is 0. The largest absolute Gasteiger partial charge is 0.307 e. The Labute approximate surface area is 135 Å². The van der Waals surface area contributed by atoms with Crippen molar-refractivity contribution in [2.75, 3.05) is 0 Å². The van der Waals surface area contributed by atoms with E-state index >= 15 is 0 Å². The highest BCUT2D eigenvalue weighted by molar-refractivity contribution is 5.94. The number of fused-ring (bicyclic) bond motifs is 1. The van der Waals surface area contributed by atoms with Crippen LogP contribution in [-0.4, -0.2) is 14.3 Å². The van der Waals surface area contributed by atoms with Gasteiger partial charge in [0, 0.05) is 35.8 Å². The van der Waals surface area contributed by atoms with Crippen LogP contribution in [0.5, 0.6) is 0 Å². The molecule has 0 N–H and O–H groups in total. The van der Waals surface area contributed by atoms with Crippen LogP contribution in [0.25, 0.3) is 22.7 Å². The Kier molecular flexibility index (Phi) is 3.15. The number of aryl methyl sites for hydroxylation is 2. The molecule has 4 heteroatoms. The first-order chi connectivity index (χ1) is 11.1. The second-order valence-electron chi connectivity index (χ2n) is 6.37. The molecule has 0 spiro atoms. The number of rotatable bonds is 3. The second kappa shape index (κ2) is 5.08. The van der Waals surface area contributed by atoms with E-state index in [1.165, 1.54) is 18.5 Å². The van der Waals surface area contributed by atoms with E-state index in [1.807, 2.05) is 51.5 Å². The molecular formula is C19H20FN3. The van der Waals surface area contributed by atoms with Gasteiger partial charge in [0.1, 0.15) is 0 Å². The lowest BCUT2D eigenvalue weighted by molar-refractivity contribution is 0.624. The molecule has 1 aliphatic rings. The van der Waals surface area contributed by atoms with Gasteiger partial charge in [-0.3, -0.25) is 4.68 Å². The van der Waals surface area contributed by atoms with E-state index in [1.54, 1.807) is 4.68 Å². The Balaban J connectivity index is 2.17. The van der Waals surface area contributed by atoms with Crippen molar-refractivity contribution in [2.45, 2.75) is 32.6 Å². The molecule has 0 unspecified atom stereocenters. The first-order valence-electron chi connectivity index (χ1n) is 8.07. The van der Waals surface area contributed by atoms with Gasteiger partial charge < -0.3 is 4.57 Å². The Morgan fingerprint density at radius 1 is 1.30 bits per heavy atom. The van der Waals surface area contributed by atoms with Crippen molar-refractivity contribution in [3.63, 3.8) is 0 Å². The quantitative estimate of drug-likeness (QED) is 0.686. The van der Waals surface area contributed by atoms with Gasteiger partial charge in [0.2, 0.25) is 0 Å². The molecule has 3 aromatic rings. The fraction of sp³-hybridized carbons (Fsp3) is 0.316. The van der Waals surface area contributed by atoms with E-state index in [4.69, 9.17) is 0 Å². The molecule has 118 valence electrons. The van der Waals surface area contributed by atoms with Crippen LogP contribution in [0, 0.1) is 12.7 Å². The number of hydrogen-bond acceptors (Lipinski definition) is 1. The predicted molar refractivity (Wildman–Crippen MR) is 91.4 cm³/mol. The molecule has 0 saturated heterocycles. The zero-order valence-corrected chi connectivity index (χ0v) is 13.7. The number of benzene rings is 1. The molecule has 2 aromatic heterocycles. The topological polar surface area (TPSA) is 22.8 Å². The van der Waals surface area contributed by atoms with Crippen molar-refractivity contribution >= 4 is 17.0 Å². The predicted octanol–water partition coefficient (Wildman–Crippen LogP) is 4.72. The summed E-state index contributed by atoms with van der Waals surface area (Å²) in [5, 5.41) is 5.27. The average molecular weight is 309 g/mol. The summed E-state index contributed by atoms with van der Waals surface area (Å²) in [5.74, 6) is 0.373. The molecule has 0 atom stereocenters. The zero-order chi connectivity index (χ0) is 16.1. The molecule has 4 rings (SSSR count). The van der Waals surface area contributed by atoms with Gasteiger partial charge in [0.25, 0.3) is 0 Å². The smallest absolute Gasteiger partial charge is 0.150 e. The van der Waals surface area contributed by atoms with Gasteiger partial charge in [0.15, 0.2) is 5.82 Å². The van der Waals surface area contributed by atoms with Gasteiger partial charge >= 0.3 is 0 Å². The van der Waals surface area contributed by atoms with Crippen LogP contribution in [0.2, 0.25) is 0 Å². The van der Waals surface area contributed by atoms with Gasteiger partial charge in [-0.2, -0.15) is 5.10 Å². The fourth-order valence-electron chi connectivity index (χ4n) is 3.37. The van der Waals surface area contributed by atoms with E-state index in [2.05, 4.69) is 15.7 Å². The Morgan fingerprint density at radius 3 is 2.70 bits per heavy atom. The molecule has 0 amide bonds. The molecule has 23 heavy (non-hydrogen) atoms. The number of nitrogens with zero attached hydrogens (tertiary/aromatic N) is 3. The summed E-state index contributed by atoms with van der Waals surface area (Å²) in [4.78, 5) is 0. The van der Waals surface area contributed by atoms with Crippen LogP contribution < -0.4 is 0 Å². The molecule has 0 bridgehead atoms. The average Bonchev–Trinajstić information content (AvgIpc) is 3.19. The number of aromatic nitrogens is 3. The Hall–Kier alpha value is -2.36. The maximum absolute atomic E-state index is 15.0. The summed E-state index contributed by atoms with van der Waals surface area (Å²) in [7, 11) is 1.89. The first kappa shape index (κ1) is 14.2. The first-order valence-corrected chi connectivity index (χ1v) is 8.07. The maximum atomic E-state index is 15.0. The third-order valence-corrected chi connectivity index (χ3v) is 4.59. The van der Waals surface area contributed by atoms with Crippen LogP contribution >= 0.6 is 0 Å². The fourth-order valence-corrected chi connectivity index (χ4v) is 3.37. The van der Waals surface area contributed by atoms with Crippen molar-refractivity contribution in [3.05, 3.63) is 53.2 Å². The molecule has 0 radical (unpaired) electrons. The van der Waals surface area contributed by atoms with Crippen LogP contribution in [0.3, 0.4) is 0 Å². The molecule has 1 aromatic carbocycles. The van der Waals surface area contributed by atoms with Crippen LogP contribution in [0.1, 0.15) is 42.5 Å². The summed E-state index contributed by atoms with van der Waals surface area (Å²) in [5.41, 5.74) is 4.64. The van der Waals surface area contributed by atoms with E-state index < -0.39 is 0 Å². The second-order valence-corrected chi connectivity index (χ2v) is 6.37. The van der Waals surface area contributed by atoms with Gasteiger partial charge in [-0.15, -0.1) is 0 Å². The van der Waals surface area contributed by atoms with Crippen molar-refractivity contribution in [3.8, 4) is 5.69 Å². The number of halogens is 1. The van der Waals surface area contributed by atoms with Crippen LogP contribution in [0.4, 0.5) is 4.39 Å². The summed E-state index contributed by atoms with van der Waals surface area (Å²) in [6.07, 6.45) is 10.2. The molecule has 1 fully saturated rings. The zero-order valence-electron chi connectivity index (χ0n) is 13.7. The van der Waals surface area contributed by atoms with Crippen LogP contribution in [0.15, 0.2) is 30.6 Å². The molecule has 2 heterocycles. The maximum Gasteiger partial charge on any atom is 0.150 e. The van der Waals surface area contributed by atoms with Gasteiger partial charge in [-0.25, -0.2) is 4.39 Å². The van der Waals surface area contributed by atoms with E-state index in [-0.39, 0.29) is 5.82 Å². The number of allylic oxidation sites excluding steroid dienone is 1. The van der Waals surface area contributed by atoms with Crippen molar-refractivity contribution < 1.29 is 4.39 Å². The minimum Gasteiger partial charge on any atom is -0.307 e. The highest BCUT2D eigenvalue weighted by Crippen LogP contribution is 2.47. The van der Waals surface area contributed by atoms with Gasteiger partial charge in [0.05, 0.1) is 17.4 Å². The summed E-state index contributed by atoms with van der Waals surface area (Å²) in [6, 6.07) is 3.91. The normalized spacial score (nSPS) is 15.1. The van der Waals surface area contributed by atoms with E-state index in [0.717, 1.165) is 16.6 Å². The summed E-state index contributed by atoms with van der Waals surface area (Å²) < 4.78 is 18.8. The Morgan fingerprint density at radius 2 is 2.09 bits per heavy atom. The number of hydrogen-bond donors (Lipinski definition) is 0. The highest BCUT2D eigenvalue weighted by Gasteiger charge is 2.32. The minimum absolute atomic E-state index is 0.135. The SMILES string of the molecule is C/C=C/c1c(C2CC2)n(-c2cnn(C)c2)c2c(F)c(C)ccc12. The third-order valence-electron chi connectivity index (χ3n) is 4.59. The summed E-state index contributed by atoms with van der Waals surface area (Å²) in [6.45, 7) is 3.83. The van der Waals surface area contributed by atoms with E-state index in [0.29, 0.717) is 17.0 Å². The molecule has 1 aliphatic carbocycles. The lowest BCUT2D eigenvalue weighted by atomic mass is 10.1. The van der Waals surface area contributed by atoms with Crippen molar-refractivity contribution in [2.24, 2.45) is 7.05 Å². The lowest BCUT2D eigenvalue weighted by Crippen LogP contribution is -2.00. The molecule has 0 aliphatic heterocycles. The van der Waals surface area contributed by atoms with Gasteiger partial charge in [-0.05, 0) is 32.3 Å². The Bertz CT molecular complexity index is 926. The molecular weight excluding hydrogens is 289 g/mol.